The van der Waals surface area contributed by atoms with Crippen molar-refractivity contribution in [3.05, 3.63) is 53.7 Å². The topological polar surface area (TPSA) is 47.0 Å². The van der Waals surface area contributed by atoms with Gasteiger partial charge in [0.1, 0.15) is 0 Å². The standard InChI is InChI=1S/C16H20FN3O/c1-2-18-12-14-7-10-20-16(15(14)17)21-11-3-4-13-5-8-19-9-6-13/h5-10,18H,2-4,11-12H2,1H3. The largest absolute Gasteiger partial charge is 0.476 e. The van der Waals surface area contributed by atoms with Crippen LogP contribution >= 0.6 is 0 Å². The van der Waals surface area contributed by atoms with Gasteiger partial charge < -0.3 is 10.1 Å². The van der Waals surface area contributed by atoms with Crippen LogP contribution in [0.2, 0.25) is 0 Å². The molecule has 0 bridgehead atoms. The van der Waals surface area contributed by atoms with Gasteiger partial charge in [-0.3, -0.25) is 4.98 Å². The Morgan fingerprint density at radius 1 is 1.19 bits per heavy atom. The number of nitrogens with one attached hydrogen (secondary N) is 1. The molecule has 2 aromatic heterocycles. The second-order valence-corrected chi connectivity index (χ2v) is 4.68. The van der Waals surface area contributed by atoms with Crippen molar-refractivity contribution in [3.63, 3.8) is 0 Å². The first-order chi connectivity index (χ1) is 10.3. The number of ether oxygens (including phenoxy) is 1. The summed E-state index contributed by atoms with van der Waals surface area (Å²) in [5.74, 6) is -0.289. The van der Waals surface area contributed by atoms with Gasteiger partial charge in [0.15, 0.2) is 5.82 Å². The van der Waals surface area contributed by atoms with Crippen LogP contribution in [-0.2, 0) is 13.0 Å². The summed E-state index contributed by atoms with van der Waals surface area (Å²) in [5.41, 5.74) is 1.78. The zero-order valence-corrected chi connectivity index (χ0v) is 12.2. The van der Waals surface area contributed by atoms with Crippen LogP contribution in [0, 0.1) is 5.82 Å². The molecule has 0 aliphatic carbocycles. The van der Waals surface area contributed by atoms with Gasteiger partial charge >= 0.3 is 0 Å². The van der Waals surface area contributed by atoms with Crippen LogP contribution in [0.4, 0.5) is 4.39 Å². The predicted molar refractivity (Wildman–Crippen MR) is 79.6 cm³/mol. The van der Waals surface area contributed by atoms with Crippen molar-refractivity contribution in [2.45, 2.75) is 26.3 Å². The van der Waals surface area contributed by atoms with E-state index in [9.17, 15) is 4.39 Å². The molecular weight excluding hydrogens is 269 g/mol. The van der Waals surface area contributed by atoms with Crippen molar-refractivity contribution >= 4 is 0 Å². The minimum atomic E-state index is -0.373. The molecular formula is C16H20FN3O. The van der Waals surface area contributed by atoms with E-state index in [1.54, 1.807) is 24.7 Å². The molecule has 2 heterocycles. The quantitative estimate of drug-likeness (QED) is 0.759. The molecule has 5 heteroatoms. The molecule has 0 saturated carbocycles. The van der Waals surface area contributed by atoms with Crippen LogP contribution in [0.5, 0.6) is 5.88 Å². The molecule has 0 aromatic carbocycles. The van der Waals surface area contributed by atoms with Crippen LogP contribution in [0.1, 0.15) is 24.5 Å². The molecule has 0 spiro atoms. The van der Waals surface area contributed by atoms with Crippen LogP contribution in [0.25, 0.3) is 0 Å². The van der Waals surface area contributed by atoms with Gasteiger partial charge in [0.25, 0.3) is 5.88 Å². The molecule has 0 unspecified atom stereocenters. The van der Waals surface area contributed by atoms with Gasteiger partial charge in [0.05, 0.1) is 6.61 Å². The fraction of sp³-hybridized carbons (Fsp3) is 0.375. The van der Waals surface area contributed by atoms with Gasteiger partial charge in [0, 0.05) is 30.7 Å². The van der Waals surface area contributed by atoms with Crippen molar-refractivity contribution in [3.8, 4) is 5.88 Å². The van der Waals surface area contributed by atoms with E-state index in [0.29, 0.717) is 18.7 Å². The highest BCUT2D eigenvalue weighted by Crippen LogP contribution is 2.17. The summed E-state index contributed by atoms with van der Waals surface area (Å²) in [4.78, 5) is 7.93. The molecule has 0 radical (unpaired) electrons. The molecule has 0 fully saturated rings. The summed E-state index contributed by atoms with van der Waals surface area (Å²) in [6.45, 7) is 3.70. The maximum Gasteiger partial charge on any atom is 0.250 e. The molecule has 0 aliphatic rings. The van der Waals surface area contributed by atoms with E-state index in [2.05, 4.69) is 15.3 Å². The Bertz CT molecular complexity index is 548. The second kappa shape index (κ2) is 8.32. The SMILES string of the molecule is CCNCc1ccnc(OCCCc2ccncc2)c1F. The highest BCUT2D eigenvalue weighted by molar-refractivity contribution is 5.23. The van der Waals surface area contributed by atoms with Gasteiger partial charge in [-0.15, -0.1) is 0 Å². The number of nitrogens with zero attached hydrogens (tertiary/aromatic N) is 2. The highest BCUT2D eigenvalue weighted by atomic mass is 19.1. The van der Waals surface area contributed by atoms with E-state index in [0.717, 1.165) is 19.4 Å². The summed E-state index contributed by atoms with van der Waals surface area (Å²) in [7, 11) is 0. The number of rotatable bonds is 8. The minimum absolute atomic E-state index is 0.0835. The van der Waals surface area contributed by atoms with Crippen molar-refractivity contribution < 1.29 is 9.13 Å². The molecule has 2 rings (SSSR count). The maximum absolute atomic E-state index is 14.1. The zero-order valence-electron chi connectivity index (χ0n) is 12.2. The van der Waals surface area contributed by atoms with Crippen LogP contribution in [0.3, 0.4) is 0 Å². The second-order valence-electron chi connectivity index (χ2n) is 4.68. The van der Waals surface area contributed by atoms with Crippen molar-refractivity contribution in [1.82, 2.24) is 15.3 Å². The van der Waals surface area contributed by atoms with E-state index < -0.39 is 0 Å². The monoisotopic (exact) mass is 289 g/mol. The first-order valence-corrected chi connectivity index (χ1v) is 7.17. The van der Waals surface area contributed by atoms with E-state index in [1.165, 1.54) is 5.56 Å². The lowest BCUT2D eigenvalue weighted by atomic mass is 10.1. The maximum atomic E-state index is 14.1. The van der Waals surface area contributed by atoms with Gasteiger partial charge in [-0.1, -0.05) is 6.92 Å². The summed E-state index contributed by atoms with van der Waals surface area (Å²) in [6, 6.07) is 5.60. The van der Waals surface area contributed by atoms with Gasteiger partial charge in [-0.05, 0) is 43.1 Å². The molecule has 0 saturated heterocycles. The number of aryl methyl sites for hydroxylation is 1. The van der Waals surface area contributed by atoms with Crippen LogP contribution in [0.15, 0.2) is 36.8 Å². The Hall–Kier alpha value is -2.01. The Labute approximate surface area is 124 Å². The Kier molecular flexibility index (Phi) is 6.09. The number of pyridine rings is 2. The third-order valence-corrected chi connectivity index (χ3v) is 3.10. The van der Waals surface area contributed by atoms with E-state index in [-0.39, 0.29) is 11.7 Å². The number of aromatic nitrogens is 2. The Morgan fingerprint density at radius 2 is 2.00 bits per heavy atom. The first kappa shape index (κ1) is 15.4. The first-order valence-electron chi connectivity index (χ1n) is 7.17. The molecule has 1 N–H and O–H groups in total. The normalized spacial score (nSPS) is 10.6. The van der Waals surface area contributed by atoms with Crippen molar-refractivity contribution in [2.75, 3.05) is 13.2 Å². The molecule has 112 valence electrons. The summed E-state index contributed by atoms with van der Waals surface area (Å²) < 4.78 is 19.6. The summed E-state index contributed by atoms with van der Waals surface area (Å²) >= 11 is 0. The van der Waals surface area contributed by atoms with Crippen LogP contribution in [-0.4, -0.2) is 23.1 Å². The fourth-order valence-corrected chi connectivity index (χ4v) is 1.95. The Balaban J connectivity index is 1.83. The third kappa shape index (κ3) is 4.79. The molecule has 0 amide bonds. The summed E-state index contributed by atoms with van der Waals surface area (Å²) in [5, 5.41) is 3.09. The number of hydrogen-bond acceptors (Lipinski definition) is 4. The van der Waals surface area contributed by atoms with Gasteiger partial charge in [0.2, 0.25) is 0 Å². The number of halogens is 1. The van der Waals surface area contributed by atoms with Gasteiger partial charge in [-0.25, -0.2) is 9.37 Å². The lowest BCUT2D eigenvalue weighted by Gasteiger charge is -2.09. The molecule has 4 nitrogen and oxygen atoms in total. The highest BCUT2D eigenvalue weighted by Gasteiger charge is 2.10. The van der Waals surface area contributed by atoms with E-state index in [4.69, 9.17) is 4.74 Å². The lowest BCUT2D eigenvalue weighted by molar-refractivity contribution is 0.281. The predicted octanol–water partition coefficient (Wildman–Crippen LogP) is 2.74. The Morgan fingerprint density at radius 3 is 2.76 bits per heavy atom. The summed E-state index contributed by atoms with van der Waals surface area (Å²) in [6.07, 6.45) is 6.79. The molecule has 21 heavy (non-hydrogen) atoms. The lowest BCUT2D eigenvalue weighted by Crippen LogP contribution is -2.14. The van der Waals surface area contributed by atoms with Gasteiger partial charge in [-0.2, -0.15) is 0 Å². The third-order valence-electron chi connectivity index (χ3n) is 3.10. The zero-order chi connectivity index (χ0) is 14.9. The fourth-order valence-electron chi connectivity index (χ4n) is 1.95. The van der Waals surface area contributed by atoms with E-state index in [1.807, 2.05) is 19.1 Å². The minimum Gasteiger partial charge on any atom is -0.476 e. The molecule has 0 atom stereocenters. The van der Waals surface area contributed by atoms with Crippen LogP contribution < -0.4 is 10.1 Å². The smallest absolute Gasteiger partial charge is 0.250 e. The van der Waals surface area contributed by atoms with Crippen molar-refractivity contribution in [1.29, 1.82) is 0 Å². The molecule has 2 aromatic rings. The number of hydrogen-bond donors (Lipinski definition) is 1. The average molecular weight is 289 g/mol. The molecule has 0 aliphatic heterocycles. The van der Waals surface area contributed by atoms with E-state index >= 15 is 0 Å². The average Bonchev–Trinajstić information content (AvgIpc) is 2.53. The van der Waals surface area contributed by atoms with Crippen molar-refractivity contribution in [2.24, 2.45) is 0 Å².